The third-order valence-electron chi connectivity index (χ3n) is 3.75. The molecule has 1 aromatic heterocycles. The maximum Gasteiger partial charge on any atom is 0.246 e. The van der Waals surface area contributed by atoms with E-state index in [2.05, 4.69) is 4.98 Å². The van der Waals surface area contributed by atoms with Gasteiger partial charge in [0.05, 0.1) is 14.2 Å². The number of phenolic OH excluding ortho intramolecular Hbond substituents is 1. The number of hydrogen-bond acceptors (Lipinski definition) is 5. The Morgan fingerprint density at radius 1 is 1.28 bits per heavy atom. The van der Waals surface area contributed by atoms with E-state index in [1.54, 1.807) is 42.6 Å². The van der Waals surface area contributed by atoms with Gasteiger partial charge in [0.25, 0.3) is 0 Å². The molecule has 2 aromatic rings. The first-order valence-electron chi connectivity index (χ1n) is 7.82. The molecule has 0 unspecified atom stereocenters. The molecule has 0 aliphatic rings. The predicted octanol–water partition coefficient (Wildman–Crippen LogP) is 2.52. The predicted molar refractivity (Wildman–Crippen MR) is 95.8 cm³/mol. The molecule has 0 atom stereocenters. The lowest BCUT2D eigenvalue weighted by atomic mass is 10.1. The molecule has 25 heavy (non-hydrogen) atoms. The lowest BCUT2D eigenvalue weighted by Crippen LogP contribution is -2.27. The molecule has 6 heteroatoms. The number of pyridine rings is 1. The highest BCUT2D eigenvalue weighted by Gasteiger charge is 2.12. The van der Waals surface area contributed by atoms with Gasteiger partial charge in [-0.15, -0.1) is 0 Å². The van der Waals surface area contributed by atoms with Crippen LogP contribution >= 0.6 is 0 Å². The van der Waals surface area contributed by atoms with Gasteiger partial charge in [0.15, 0.2) is 11.5 Å². The fourth-order valence-corrected chi connectivity index (χ4v) is 2.27. The number of likely N-dealkylation sites (N-methyl/N-ethyl adjacent to an activating group) is 1. The van der Waals surface area contributed by atoms with Crippen molar-refractivity contribution in [3.05, 3.63) is 53.9 Å². The molecule has 0 spiro atoms. The summed E-state index contributed by atoms with van der Waals surface area (Å²) in [4.78, 5) is 17.8. The van der Waals surface area contributed by atoms with Gasteiger partial charge in [0.2, 0.25) is 11.7 Å². The highest BCUT2D eigenvalue weighted by molar-refractivity contribution is 5.91. The smallest absolute Gasteiger partial charge is 0.246 e. The molecule has 6 nitrogen and oxygen atoms in total. The van der Waals surface area contributed by atoms with Crippen LogP contribution < -0.4 is 9.47 Å². The summed E-state index contributed by atoms with van der Waals surface area (Å²) >= 11 is 0. The van der Waals surface area contributed by atoms with Gasteiger partial charge in [-0.2, -0.15) is 0 Å². The van der Waals surface area contributed by atoms with Crippen molar-refractivity contribution >= 4 is 12.0 Å². The molecule has 2 rings (SSSR count). The minimum Gasteiger partial charge on any atom is -0.502 e. The average Bonchev–Trinajstić information content (AvgIpc) is 2.65. The van der Waals surface area contributed by atoms with Crippen LogP contribution in [-0.4, -0.2) is 48.7 Å². The summed E-state index contributed by atoms with van der Waals surface area (Å²) in [5.41, 5.74) is 1.78. The minimum absolute atomic E-state index is 0.0300. The number of benzene rings is 1. The summed E-state index contributed by atoms with van der Waals surface area (Å²) in [5, 5.41) is 9.93. The molecular formula is C19H22N2O4. The largest absolute Gasteiger partial charge is 0.502 e. The molecular weight excluding hydrogens is 320 g/mol. The van der Waals surface area contributed by atoms with Crippen molar-refractivity contribution in [2.75, 3.05) is 27.8 Å². The van der Waals surface area contributed by atoms with E-state index in [1.807, 2.05) is 12.1 Å². The molecule has 0 radical (unpaired) electrons. The first kappa shape index (κ1) is 18.3. The van der Waals surface area contributed by atoms with Crippen LogP contribution in [0.4, 0.5) is 0 Å². The molecule has 1 N–H and O–H groups in total. The number of aromatic nitrogens is 1. The van der Waals surface area contributed by atoms with Crippen molar-refractivity contribution < 1.29 is 19.4 Å². The Bertz CT molecular complexity index is 719. The standard InChI is InChI=1S/C19H22N2O4/c1-21(18(22)7-6-14-5-4-9-20-13-14)10-8-15-11-16(24-2)19(23)17(12-15)25-3/h4-7,9,11-13,23H,8,10H2,1-3H3/b7-6+. The Kier molecular flexibility index (Phi) is 6.39. The second kappa shape index (κ2) is 8.73. The van der Waals surface area contributed by atoms with Gasteiger partial charge < -0.3 is 19.5 Å². The highest BCUT2D eigenvalue weighted by Crippen LogP contribution is 2.37. The Hall–Kier alpha value is -3.02. The molecule has 0 fully saturated rings. The molecule has 1 amide bonds. The summed E-state index contributed by atoms with van der Waals surface area (Å²) < 4.78 is 10.3. The fraction of sp³-hybridized carbons (Fsp3) is 0.263. The van der Waals surface area contributed by atoms with Crippen LogP contribution in [0.15, 0.2) is 42.7 Å². The third kappa shape index (κ3) is 4.97. The number of nitrogens with zero attached hydrogens (tertiary/aromatic N) is 2. The number of phenols is 1. The van der Waals surface area contributed by atoms with E-state index in [9.17, 15) is 9.90 Å². The molecule has 132 valence electrons. The van der Waals surface area contributed by atoms with Crippen molar-refractivity contribution in [1.82, 2.24) is 9.88 Å². The molecule has 0 aliphatic carbocycles. The molecule has 0 saturated heterocycles. The van der Waals surface area contributed by atoms with Crippen LogP contribution in [0, 0.1) is 0 Å². The van der Waals surface area contributed by atoms with E-state index in [1.165, 1.54) is 20.3 Å². The number of amides is 1. The molecule has 1 heterocycles. The number of ether oxygens (including phenoxy) is 2. The maximum atomic E-state index is 12.2. The Balaban J connectivity index is 1.98. The van der Waals surface area contributed by atoms with Gasteiger partial charge in [0.1, 0.15) is 0 Å². The van der Waals surface area contributed by atoms with E-state index in [4.69, 9.17) is 9.47 Å². The number of hydrogen-bond donors (Lipinski definition) is 1. The number of aromatic hydroxyl groups is 1. The van der Waals surface area contributed by atoms with Crippen LogP contribution in [0.1, 0.15) is 11.1 Å². The van der Waals surface area contributed by atoms with Crippen molar-refractivity contribution in [3.63, 3.8) is 0 Å². The number of carbonyl (C=O) groups excluding carboxylic acids is 1. The van der Waals surface area contributed by atoms with E-state index < -0.39 is 0 Å². The van der Waals surface area contributed by atoms with Crippen LogP contribution in [0.3, 0.4) is 0 Å². The average molecular weight is 342 g/mol. The second-order valence-electron chi connectivity index (χ2n) is 5.48. The lowest BCUT2D eigenvalue weighted by molar-refractivity contribution is -0.124. The Morgan fingerprint density at radius 2 is 1.96 bits per heavy atom. The molecule has 0 saturated carbocycles. The molecule has 0 bridgehead atoms. The van der Waals surface area contributed by atoms with Gasteiger partial charge in [-0.25, -0.2) is 0 Å². The maximum absolute atomic E-state index is 12.2. The normalized spacial score (nSPS) is 10.7. The van der Waals surface area contributed by atoms with Crippen LogP contribution in [0.25, 0.3) is 6.08 Å². The second-order valence-corrected chi connectivity index (χ2v) is 5.48. The van der Waals surface area contributed by atoms with Gasteiger partial charge >= 0.3 is 0 Å². The highest BCUT2D eigenvalue weighted by atomic mass is 16.5. The van der Waals surface area contributed by atoms with E-state index in [0.717, 1.165) is 11.1 Å². The van der Waals surface area contributed by atoms with Crippen molar-refractivity contribution in [2.45, 2.75) is 6.42 Å². The third-order valence-corrected chi connectivity index (χ3v) is 3.75. The number of rotatable bonds is 7. The Labute approximate surface area is 147 Å². The molecule has 0 aliphatic heterocycles. The first-order chi connectivity index (χ1) is 12.0. The zero-order valence-electron chi connectivity index (χ0n) is 14.6. The van der Waals surface area contributed by atoms with Gasteiger partial charge in [-0.05, 0) is 41.8 Å². The van der Waals surface area contributed by atoms with Gasteiger partial charge in [0, 0.05) is 32.1 Å². The van der Waals surface area contributed by atoms with E-state index in [0.29, 0.717) is 24.5 Å². The van der Waals surface area contributed by atoms with E-state index in [-0.39, 0.29) is 11.7 Å². The summed E-state index contributed by atoms with van der Waals surface area (Å²) in [6.45, 7) is 0.521. The zero-order valence-corrected chi connectivity index (χ0v) is 14.6. The van der Waals surface area contributed by atoms with Gasteiger partial charge in [-0.3, -0.25) is 9.78 Å². The van der Waals surface area contributed by atoms with Crippen LogP contribution in [-0.2, 0) is 11.2 Å². The monoisotopic (exact) mass is 342 g/mol. The zero-order chi connectivity index (χ0) is 18.2. The fourth-order valence-electron chi connectivity index (χ4n) is 2.27. The SMILES string of the molecule is COc1cc(CCN(C)C(=O)/C=C/c2cccnc2)cc(OC)c1O. The van der Waals surface area contributed by atoms with Crippen molar-refractivity contribution in [2.24, 2.45) is 0 Å². The van der Waals surface area contributed by atoms with Gasteiger partial charge in [-0.1, -0.05) is 6.07 Å². The summed E-state index contributed by atoms with van der Waals surface area (Å²) in [7, 11) is 4.71. The van der Waals surface area contributed by atoms with Crippen molar-refractivity contribution in [3.8, 4) is 17.2 Å². The molecule has 1 aromatic carbocycles. The van der Waals surface area contributed by atoms with Crippen LogP contribution in [0.5, 0.6) is 17.2 Å². The minimum atomic E-state index is -0.0958. The Morgan fingerprint density at radius 3 is 2.52 bits per heavy atom. The summed E-state index contributed by atoms with van der Waals surface area (Å²) in [6.07, 6.45) is 7.24. The number of methoxy groups -OCH3 is 2. The van der Waals surface area contributed by atoms with Crippen LogP contribution in [0.2, 0.25) is 0 Å². The van der Waals surface area contributed by atoms with E-state index >= 15 is 0 Å². The summed E-state index contributed by atoms with van der Waals surface area (Å²) in [5.74, 6) is 0.568. The lowest BCUT2D eigenvalue weighted by Gasteiger charge is -2.16. The van der Waals surface area contributed by atoms with Crippen molar-refractivity contribution in [1.29, 1.82) is 0 Å². The quantitative estimate of drug-likeness (QED) is 0.783. The number of carbonyl (C=O) groups is 1. The topological polar surface area (TPSA) is 71.9 Å². The first-order valence-corrected chi connectivity index (χ1v) is 7.82. The summed E-state index contributed by atoms with van der Waals surface area (Å²) in [6, 6.07) is 7.18.